The fourth-order valence-corrected chi connectivity index (χ4v) is 2.18. The van der Waals surface area contributed by atoms with Crippen LogP contribution in [0.15, 0.2) is 47.1 Å². The monoisotopic (exact) mass is 368 g/mol. The minimum atomic E-state index is -0.242. The van der Waals surface area contributed by atoms with Crippen molar-refractivity contribution in [3.05, 3.63) is 57.8 Å². The van der Waals surface area contributed by atoms with E-state index in [1.54, 1.807) is 12.3 Å². The van der Waals surface area contributed by atoms with Gasteiger partial charge in [-0.25, -0.2) is 4.98 Å². The van der Waals surface area contributed by atoms with Crippen LogP contribution in [0.5, 0.6) is 5.75 Å². The number of amides is 1. The van der Waals surface area contributed by atoms with Crippen molar-refractivity contribution in [1.82, 2.24) is 10.3 Å². The zero-order chi connectivity index (χ0) is 15.1. The molecule has 0 bridgehead atoms. The molecule has 1 amide bonds. The number of nitrogens with zero attached hydrogens (tertiary/aromatic N) is 1. The highest BCUT2D eigenvalue weighted by molar-refractivity contribution is 9.10. The number of carbonyl (C=O) groups excluding carboxylic acids is 1. The number of benzene rings is 1. The molecule has 0 saturated carbocycles. The molecule has 0 unspecified atom stereocenters. The van der Waals surface area contributed by atoms with Gasteiger partial charge in [0.2, 0.25) is 0 Å². The van der Waals surface area contributed by atoms with Gasteiger partial charge in [-0.2, -0.15) is 0 Å². The van der Waals surface area contributed by atoms with Gasteiger partial charge in [-0.1, -0.05) is 29.8 Å². The van der Waals surface area contributed by atoms with Gasteiger partial charge in [-0.3, -0.25) is 4.79 Å². The summed E-state index contributed by atoms with van der Waals surface area (Å²) in [5.74, 6) is 0.580. The molecule has 0 radical (unpaired) electrons. The lowest BCUT2D eigenvalue weighted by molar-refractivity contribution is 0.0951. The van der Waals surface area contributed by atoms with Crippen LogP contribution in [-0.2, 0) is 0 Å². The number of hydrogen-bond donors (Lipinski definition) is 1. The van der Waals surface area contributed by atoms with Crippen molar-refractivity contribution in [3.8, 4) is 5.75 Å². The van der Waals surface area contributed by atoms with Gasteiger partial charge >= 0.3 is 0 Å². The van der Waals surface area contributed by atoms with Crippen molar-refractivity contribution < 1.29 is 9.53 Å². The third-order valence-electron chi connectivity index (χ3n) is 2.67. The number of nitrogens with one attached hydrogen (secondary N) is 1. The lowest BCUT2D eigenvalue weighted by Gasteiger charge is -2.08. The standard InChI is InChI=1S/C15H14BrClN2O2/c16-11-9-13(14(17)19-10-11)15(20)18-7-4-8-21-12-5-2-1-3-6-12/h1-3,5-6,9-10H,4,7-8H2,(H,18,20). The number of ether oxygens (including phenoxy) is 1. The Hall–Kier alpha value is -1.59. The lowest BCUT2D eigenvalue weighted by atomic mass is 10.2. The molecule has 1 heterocycles. The molecular formula is C15H14BrClN2O2. The maximum atomic E-state index is 12.0. The van der Waals surface area contributed by atoms with Crippen LogP contribution in [0.25, 0.3) is 0 Å². The first-order chi connectivity index (χ1) is 10.2. The average molecular weight is 370 g/mol. The maximum absolute atomic E-state index is 12.0. The van der Waals surface area contributed by atoms with E-state index >= 15 is 0 Å². The van der Waals surface area contributed by atoms with Gasteiger partial charge in [-0.15, -0.1) is 0 Å². The SMILES string of the molecule is O=C(NCCCOc1ccccc1)c1cc(Br)cnc1Cl. The summed E-state index contributed by atoms with van der Waals surface area (Å²) in [7, 11) is 0. The Bertz CT molecular complexity index is 608. The summed E-state index contributed by atoms with van der Waals surface area (Å²) in [4.78, 5) is 15.9. The number of carbonyl (C=O) groups is 1. The number of hydrogen-bond acceptors (Lipinski definition) is 3. The van der Waals surface area contributed by atoms with Crippen molar-refractivity contribution in [1.29, 1.82) is 0 Å². The van der Waals surface area contributed by atoms with Gasteiger partial charge < -0.3 is 10.1 Å². The van der Waals surface area contributed by atoms with Crippen molar-refractivity contribution in [2.75, 3.05) is 13.2 Å². The molecular weight excluding hydrogens is 356 g/mol. The zero-order valence-electron chi connectivity index (χ0n) is 11.2. The Morgan fingerprint density at radius 3 is 2.86 bits per heavy atom. The number of aromatic nitrogens is 1. The molecule has 1 aromatic heterocycles. The molecule has 0 spiro atoms. The second kappa shape index (κ2) is 8.00. The van der Waals surface area contributed by atoms with Gasteiger partial charge in [0.1, 0.15) is 10.9 Å². The molecule has 0 aliphatic carbocycles. The van der Waals surface area contributed by atoms with Crippen molar-refractivity contribution in [2.24, 2.45) is 0 Å². The summed E-state index contributed by atoms with van der Waals surface area (Å²) in [6.45, 7) is 1.04. The predicted molar refractivity (Wildman–Crippen MR) is 85.8 cm³/mol. The highest BCUT2D eigenvalue weighted by Gasteiger charge is 2.11. The first kappa shape index (κ1) is 15.8. The van der Waals surface area contributed by atoms with E-state index in [0.29, 0.717) is 29.6 Å². The van der Waals surface area contributed by atoms with E-state index in [0.717, 1.165) is 5.75 Å². The quantitative estimate of drug-likeness (QED) is 0.624. The van der Waals surface area contributed by atoms with E-state index in [4.69, 9.17) is 16.3 Å². The van der Waals surface area contributed by atoms with Crippen molar-refractivity contribution in [2.45, 2.75) is 6.42 Å². The molecule has 0 aliphatic rings. The van der Waals surface area contributed by atoms with Crippen LogP contribution in [0.3, 0.4) is 0 Å². The fourth-order valence-electron chi connectivity index (χ4n) is 1.66. The maximum Gasteiger partial charge on any atom is 0.254 e. The summed E-state index contributed by atoms with van der Waals surface area (Å²) >= 11 is 9.16. The average Bonchev–Trinajstić information content (AvgIpc) is 2.50. The van der Waals surface area contributed by atoms with Crippen molar-refractivity contribution in [3.63, 3.8) is 0 Å². The Kier molecular flexibility index (Phi) is 6.02. The highest BCUT2D eigenvalue weighted by atomic mass is 79.9. The molecule has 2 rings (SSSR count). The molecule has 1 N–H and O–H groups in total. The summed E-state index contributed by atoms with van der Waals surface area (Å²) in [6, 6.07) is 11.2. The van der Waals surface area contributed by atoms with E-state index in [-0.39, 0.29) is 11.1 Å². The highest BCUT2D eigenvalue weighted by Crippen LogP contribution is 2.17. The number of pyridine rings is 1. The van der Waals surface area contributed by atoms with Gasteiger partial charge in [-0.05, 0) is 40.5 Å². The third kappa shape index (κ3) is 5.02. The zero-order valence-corrected chi connectivity index (χ0v) is 13.5. The molecule has 0 atom stereocenters. The Morgan fingerprint density at radius 1 is 1.33 bits per heavy atom. The molecule has 0 fully saturated rings. The molecule has 110 valence electrons. The van der Waals surface area contributed by atoms with Crippen molar-refractivity contribution >= 4 is 33.4 Å². The molecule has 0 saturated heterocycles. The summed E-state index contributed by atoms with van der Waals surface area (Å²) < 4.78 is 6.25. The summed E-state index contributed by atoms with van der Waals surface area (Å²) in [5, 5.41) is 2.98. The largest absolute Gasteiger partial charge is 0.494 e. The summed E-state index contributed by atoms with van der Waals surface area (Å²) in [5.41, 5.74) is 0.356. The number of para-hydroxylation sites is 1. The van der Waals surface area contributed by atoms with E-state index in [2.05, 4.69) is 26.2 Å². The molecule has 21 heavy (non-hydrogen) atoms. The molecule has 1 aromatic carbocycles. The first-order valence-electron chi connectivity index (χ1n) is 6.44. The van der Waals surface area contributed by atoms with Crippen LogP contribution in [-0.4, -0.2) is 24.0 Å². The van der Waals surface area contributed by atoms with E-state index < -0.39 is 0 Å². The molecule has 0 aliphatic heterocycles. The van der Waals surface area contributed by atoms with E-state index in [9.17, 15) is 4.79 Å². The number of halogens is 2. The second-order valence-electron chi connectivity index (χ2n) is 4.26. The minimum absolute atomic E-state index is 0.191. The molecule has 2 aromatic rings. The van der Waals surface area contributed by atoms with Gasteiger partial charge in [0.15, 0.2) is 0 Å². The Balaban J connectivity index is 1.73. The van der Waals surface area contributed by atoms with Gasteiger partial charge in [0.05, 0.1) is 12.2 Å². The number of rotatable bonds is 6. The molecule has 4 nitrogen and oxygen atoms in total. The van der Waals surface area contributed by atoms with Gasteiger partial charge in [0, 0.05) is 17.2 Å². The first-order valence-corrected chi connectivity index (χ1v) is 7.61. The lowest BCUT2D eigenvalue weighted by Crippen LogP contribution is -2.26. The Morgan fingerprint density at radius 2 is 2.10 bits per heavy atom. The fraction of sp³-hybridized carbons (Fsp3) is 0.200. The van der Waals surface area contributed by atoms with Crippen LogP contribution in [0.4, 0.5) is 0 Å². The second-order valence-corrected chi connectivity index (χ2v) is 5.54. The normalized spacial score (nSPS) is 10.2. The van der Waals surface area contributed by atoms with Crippen LogP contribution in [0, 0.1) is 0 Å². The van der Waals surface area contributed by atoms with Crippen LogP contribution in [0.2, 0.25) is 5.15 Å². The summed E-state index contributed by atoms with van der Waals surface area (Å²) in [6.07, 6.45) is 2.26. The smallest absolute Gasteiger partial charge is 0.254 e. The van der Waals surface area contributed by atoms with Gasteiger partial charge in [0.25, 0.3) is 5.91 Å². The van der Waals surface area contributed by atoms with E-state index in [1.165, 1.54) is 0 Å². The predicted octanol–water partition coefficient (Wildman–Crippen LogP) is 3.70. The Labute approximate surface area is 136 Å². The van der Waals surface area contributed by atoms with Crippen LogP contribution in [0.1, 0.15) is 16.8 Å². The van der Waals surface area contributed by atoms with Crippen LogP contribution < -0.4 is 10.1 Å². The van der Waals surface area contributed by atoms with Crippen LogP contribution >= 0.6 is 27.5 Å². The minimum Gasteiger partial charge on any atom is -0.494 e. The topological polar surface area (TPSA) is 51.2 Å². The van der Waals surface area contributed by atoms with E-state index in [1.807, 2.05) is 30.3 Å². The molecule has 6 heteroatoms. The third-order valence-corrected chi connectivity index (χ3v) is 3.40.